The van der Waals surface area contributed by atoms with E-state index in [1.54, 1.807) is 17.4 Å². The molecular weight excluding hydrogens is 166 g/mol. The zero-order chi connectivity index (χ0) is 8.97. The van der Waals surface area contributed by atoms with E-state index in [-0.39, 0.29) is 0 Å². The van der Waals surface area contributed by atoms with Gasteiger partial charge in [-0.3, -0.25) is 0 Å². The Bertz CT molecular complexity index is 297. The molecule has 0 unspecified atom stereocenters. The molecule has 0 amide bonds. The van der Waals surface area contributed by atoms with Crippen molar-refractivity contribution in [2.24, 2.45) is 0 Å². The van der Waals surface area contributed by atoms with E-state index in [9.17, 15) is 0 Å². The Morgan fingerprint density at radius 2 is 2.33 bits per heavy atom. The van der Waals surface area contributed by atoms with Gasteiger partial charge in [0.2, 0.25) is 0 Å². The van der Waals surface area contributed by atoms with E-state index >= 15 is 0 Å². The predicted molar refractivity (Wildman–Crippen MR) is 55.5 cm³/mol. The molecule has 1 rings (SSSR count). The number of allylic oxidation sites excluding steroid dienone is 2. The molecule has 0 N–H and O–H groups in total. The highest BCUT2D eigenvalue weighted by Crippen LogP contribution is 2.19. The molecule has 0 fully saturated rings. The van der Waals surface area contributed by atoms with Gasteiger partial charge in [-0.05, 0) is 19.4 Å². The van der Waals surface area contributed by atoms with Crippen LogP contribution in [0.15, 0.2) is 18.7 Å². The molecule has 0 aliphatic heterocycles. The fraction of sp³-hybridized carbons (Fsp3) is 0.300. The van der Waals surface area contributed by atoms with E-state index in [1.165, 1.54) is 4.88 Å². The average Bonchev–Trinajstić information content (AvgIpc) is 2.42. The molecule has 0 saturated carbocycles. The van der Waals surface area contributed by atoms with Gasteiger partial charge in [-0.15, -0.1) is 11.3 Å². The third-order valence-corrected chi connectivity index (χ3v) is 2.68. The number of nitrogens with zero attached hydrogens (tertiary/aromatic N) is 1. The number of hydrogen-bond donors (Lipinski definition) is 0. The van der Waals surface area contributed by atoms with Crippen molar-refractivity contribution in [3.63, 3.8) is 0 Å². The fourth-order valence-corrected chi connectivity index (χ4v) is 1.89. The Morgan fingerprint density at radius 3 is 2.92 bits per heavy atom. The summed E-state index contributed by atoms with van der Waals surface area (Å²) in [6.45, 7) is 7.81. The SMILES string of the molecule is C=C/C=C\c1nc(C)sc1CC. The molecule has 1 heterocycles. The third kappa shape index (κ3) is 2.05. The van der Waals surface area contributed by atoms with Gasteiger partial charge in [-0.25, -0.2) is 4.98 Å². The average molecular weight is 179 g/mol. The van der Waals surface area contributed by atoms with Gasteiger partial charge in [0, 0.05) is 4.88 Å². The Labute approximate surface area is 77.5 Å². The number of thiazole rings is 1. The zero-order valence-electron chi connectivity index (χ0n) is 7.50. The molecule has 0 aliphatic carbocycles. The van der Waals surface area contributed by atoms with Crippen LogP contribution in [-0.2, 0) is 6.42 Å². The summed E-state index contributed by atoms with van der Waals surface area (Å²) in [7, 11) is 0. The lowest BCUT2D eigenvalue weighted by molar-refractivity contribution is 1.15. The van der Waals surface area contributed by atoms with Crippen LogP contribution in [0.2, 0.25) is 0 Å². The monoisotopic (exact) mass is 179 g/mol. The van der Waals surface area contributed by atoms with Gasteiger partial charge in [0.25, 0.3) is 0 Å². The van der Waals surface area contributed by atoms with Crippen molar-refractivity contribution in [2.45, 2.75) is 20.3 Å². The zero-order valence-corrected chi connectivity index (χ0v) is 8.32. The molecule has 0 saturated heterocycles. The minimum Gasteiger partial charge on any atom is -0.242 e. The molecule has 0 spiro atoms. The second-order valence-electron chi connectivity index (χ2n) is 2.49. The molecule has 1 aromatic rings. The largest absolute Gasteiger partial charge is 0.242 e. The van der Waals surface area contributed by atoms with Gasteiger partial charge < -0.3 is 0 Å². The molecule has 2 heteroatoms. The first kappa shape index (κ1) is 9.20. The molecule has 0 aromatic carbocycles. The maximum atomic E-state index is 4.40. The molecule has 0 atom stereocenters. The summed E-state index contributed by atoms with van der Waals surface area (Å²) in [5, 5.41) is 1.13. The minimum absolute atomic E-state index is 1.06. The number of aromatic nitrogens is 1. The fourth-order valence-electron chi connectivity index (χ4n) is 1.03. The van der Waals surface area contributed by atoms with Gasteiger partial charge in [-0.1, -0.05) is 25.7 Å². The third-order valence-electron chi connectivity index (χ3n) is 1.55. The first-order valence-corrected chi connectivity index (χ1v) is 4.85. The molecule has 0 bridgehead atoms. The van der Waals surface area contributed by atoms with E-state index in [4.69, 9.17) is 0 Å². The molecule has 1 aromatic heterocycles. The van der Waals surface area contributed by atoms with E-state index in [2.05, 4.69) is 18.5 Å². The van der Waals surface area contributed by atoms with E-state index in [1.807, 2.05) is 19.1 Å². The maximum absolute atomic E-state index is 4.40. The van der Waals surface area contributed by atoms with Crippen LogP contribution in [0.25, 0.3) is 6.08 Å². The minimum atomic E-state index is 1.06. The highest BCUT2D eigenvalue weighted by molar-refractivity contribution is 7.11. The Kier molecular flexibility index (Phi) is 3.23. The lowest BCUT2D eigenvalue weighted by atomic mass is 10.3. The summed E-state index contributed by atoms with van der Waals surface area (Å²) < 4.78 is 0. The quantitative estimate of drug-likeness (QED) is 0.649. The highest BCUT2D eigenvalue weighted by Gasteiger charge is 2.02. The first-order chi connectivity index (χ1) is 5.77. The first-order valence-electron chi connectivity index (χ1n) is 4.03. The molecule has 1 nitrogen and oxygen atoms in total. The Hall–Kier alpha value is -0.890. The molecule has 0 radical (unpaired) electrons. The van der Waals surface area contributed by atoms with Crippen LogP contribution in [-0.4, -0.2) is 4.98 Å². The van der Waals surface area contributed by atoms with Gasteiger partial charge in [-0.2, -0.15) is 0 Å². The lowest BCUT2D eigenvalue weighted by Gasteiger charge is -1.88. The molecule has 0 aliphatic rings. The van der Waals surface area contributed by atoms with Crippen LogP contribution in [0, 0.1) is 6.92 Å². The van der Waals surface area contributed by atoms with Crippen molar-refractivity contribution in [3.8, 4) is 0 Å². The predicted octanol–water partition coefficient (Wildman–Crippen LogP) is 3.21. The molecule has 64 valence electrons. The van der Waals surface area contributed by atoms with E-state index in [0.29, 0.717) is 0 Å². The number of aryl methyl sites for hydroxylation is 2. The van der Waals surface area contributed by atoms with Crippen LogP contribution in [0.4, 0.5) is 0 Å². The van der Waals surface area contributed by atoms with Crippen molar-refractivity contribution in [2.75, 3.05) is 0 Å². The van der Waals surface area contributed by atoms with E-state index in [0.717, 1.165) is 17.1 Å². The normalized spacial score (nSPS) is 10.8. The van der Waals surface area contributed by atoms with Crippen molar-refractivity contribution in [3.05, 3.63) is 34.3 Å². The summed E-state index contributed by atoms with van der Waals surface area (Å²) in [6.07, 6.45) is 6.76. The van der Waals surface area contributed by atoms with Gasteiger partial charge in [0.05, 0.1) is 10.7 Å². The van der Waals surface area contributed by atoms with Crippen LogP contribution in [0.1, 0.15) is 22.5 Å². The van der Waals surface area contributed by atoms with Crippen molar-refractivity contribution in [1.29, 1.82) is 0 Å². The Morgan fingerprint density at radius 1 is 1.58 bits per heavy atom. The van der Waals surface area contributed by atoms with Gasteiger partial charge in [0.1, 0.15) is 0 Å². The van der Waals surface area contributed by atoms with Crippen LogP contribution < -0.4 is 0 Å². The van der Waals surface area contributed by atoms with Crippen LogP contribution in [0.3, 0.4) is 0 Å². The summed E-state index contributed by atoms with van der Waals surface area (Å²) in [5.41, 5.74) is 1.10. The number of rotatable bonds is 3. The van der Waals surface area contributed by atoms with Crippen LogP contribution in [0.5, 0.6) is 0 Å². The smallest absolute Gasteiger partial charge is 0.0904 e. The van der Waals surface area contributed by atoms with Gasteiger partial charge in [0.15, 0.2) is 0 Å². The molecule has 12 heavy (non-hydrogen) atoms. The second-order valence-corrected chi connectivity index (χ2v) is 3.78. The number of hydrogen-bond acceptors (Lipinski definition) is 2. The second kappa shape index (κ2) is 4.21. The van der Waals surface area contributed by atoms with Crippen molar-refractivity contribution in [1.82, 2.24) is 4.98 Å². The van der Waals surface area contributed by atoms with Crippen molar-refractivity contribution < 1.29 is 0 Å². The van der Waals surface area contributed by atoms with Gasteiger partial charge >= 0.3 is 0 Å². The Balaban J connectivity index is 2.96. The summed E-state index contributed by atoms with van der Waals surface area (Å²) in [6, 6.07) is 0. The molecular formula is C10H13NS. The summed E-state index contributed by atoms with van der Waals surface area (Å²) >= 11 is 1.77. The standard InChI is InChI=1S/C10H13NS/c1-4-6-7-9-10(5-2)12-8(3)11-9/h4,6-7H,1,5H2,2-3H3/b7-6-. The highest BCUT2D eigenvalue weighted by atomic mass is 32.1. The van der Waals surface area contributed by atoms with Crippen molar-refractivity contribution >= 4 is 17.4 Å². The maximum Gasteiger partial charge on any atom is 0.0904 e. The summed E-state index contributed by atoms with van der Waals surface area (Å²) in [5.74, 6) is 0. The van der Waals surface area contributed by atoms with E-state index < -0.39 is 0 Å². The topological polar surface area (TPSA) is 12.9 Å². The lowest BCUT2D eigenvalue weighted by Crippen LogP contribution is -1.78. The summed E-state index contributed by atoms with van der Waals surface area (Å²) in [4.78, 5) is 5.76. The van der Waals surface area contributed by atoms with Crippen LogP contribution >= 0.6 is 11.3 Å².